The van der Waals surface area contributed by atoms with E-state index in [2.05, 4.69) is 4.74 Å². The van der Waals surface area contributed by atoms with Gasteiger partial charge in [-0.05, 0) is 0 Å². The second-order valence-corrected chi connectivity index (χ2v) is 0.951. The first-order valence-corrected chi connectivity index (χ1v) is 1.44. The lowest BCUT2D eigenvalue weighted by molar-refractivity contribution is 0.119. The predicted octanol–water partition coefficient (Wildman–Crippen LogP) is -0.679. The highest BCUT2D eigenvalue weighted by Gasteiger charge is 2.19. The van der Waals surface area contributed by atoms with Gasteiger partial charge in [-0.25, -0.2) is 0 Å². The highest BCUT2D eigenvalue weighted by Crippen LogP contribution is 2.00. The zero-order valence-corrected chi connectivity index (χ0v) is 2.64. The smallest absolute Gasteiger partial charge is 0.153 e. The van der Waals surface area contributed by atoms with Crippen LogP contribution in [0.1, 0.15) is 0 Å². The Morgan fingerprint density at radius 2 is 2.60 bits per heavy atom. The molecule has 1 unspecified atom stereocenters. The van der Waals surface area contributed by atoms with Crippen molar-refractivity contribution in [2.75, 3.05) is 6.61 Å². The quantitative estimate of drug-likeness (QED) is 0.320. The van der Waals surface area contributed by atoms with Crippen molar-refractivity contribution in [2.45, 2.75) is 6.23 Å². The van der Waals surface area contributed by atoms with E-state index in [1.165, 1.54) is 0 Å². The van der Waals surface area contributed by atoms with Crippen LogP contribution in [0.3, 0.4) is 0 Å². The Hall–Kier alpha value is -0.120. The molecule has 0 aliphatic carbocycles. The van der Waals surface area contributed by atoms with E-state index in [0.29, 0.717) is 6.61 Å². The number of hydroxylamine groups is 1. The summed E-state index contributed by atoms with van der Waals surface area (Å²) in [5.41, 5.74) is 1.92. The lowest BCUT2D eigenvalue weighted by Crippen LogP contribution is -2.09. The number of hydrogen-bond donors (Lipinski definition) is 2. The normalized spacial score (nSPS) is 34.2. The molecule has 0 aromatic carbocycles. The minimum absolute atomic E-state index is 0.0602. The van der Waals surface area contributed by atoms with Crippen LogP contribution in [0.2, 0.25) is 0 Å². The number of ether oxygens (including phenoxy) is 1. The molecule has 1 saturated heterocycles. The number of rotatable bonds is 1. The van der Waals surface area contributed by atoms with E-state index in [1.807, 2.05) is 5.48 Å². The van der Waals surface area contributed by atoms with Crippen molar-refractivity contribution in [2.24, 2.45) is 0 Å². The largest absolute Gasteiger partial charge is 0.355 e. The summed E-state index contributed by atoms with van der Waals surface area (Å²) in [5.74, 6) is 0. The third kappa shape index (κ3) is 0.576. The van der Waals surface area contributed by atoms with E-state index in [4.69, 9.17) is 5.21 Å². The van der Waals surface area contributed by atoms with Gasteiger partial charge in [0.05, 0.1) is 6.61 Å². The van der Waals surface area contributed by atoms with Gasteiger partial charge in [0.25, 0.3) is 0 Å². The first-order valence-electron chi connectivity index (χ1n) is 1.44. The van der Waals surface area contributed by atoms with E-state index in [1.54, 1.807) is 0 Å². The van der Waals surface area contributed by atoms with Gasteiger partial charge in [-0.3, -0.25) is 0 Å². The number of hydrogen-bond acceptors (Lipinski definition) is 3. The van der Waals surface area contributed by atoms with Crippen molar-refractivity contribution < 1.29 is 9.94 Å². The molecule has 0 aromatic rings. The first-order chi connectivity index (χ1) is 2.43. The van der Waals surface area contributed by atoms with Gasteiger partial charge in [-0.1, -0.05) is 0 Å². The Bertz CT molecular complexity index is 34.6. The molecule has 0 saturated carbocycles. The molecule has 0 radical (unpaired) electrons. The van der Waals surface area contributed by atoms with Gasteiger partial charge in [0.1, 0.15) is 0 Å². The van der Waals surface area contributed by atoms with E-state index >= 15 is 0 Å². The van der Waals surface area contributed by atoms with E-state index in [-0.39, 0.29) is 6.23 Å². The molecule has 1 heterocycles. The summed E-state index contributed by atoms with van der Waals surface area (Å²) in [4.78, 5) is 0. The van der Waals surface area contributed by atoms with Gasteiger partial charge >= 0.3 is 0 Å². The fraction of sp³-hybridized carbons (Fsp3) is 1.00. The molecule has 1 aliphatic heterocycles. The summed E-state index contributed by atoms with van der Waals surface area (Å²) in [6.07, 6.45) is -0.0602. The van der Waals surface area contributed by atoms with Crippen molar-refractivity contribution in [3.8, 4) is 0 Å². The number of nitrogens with one attached hydrogen (secondary N) is 1. The molecule has 3 heteroatoms. The molecular weight excluding hydrogens is 70.0 g/mol. The van der Waals surface area contributed by atoms with E-state index < -0.39 is 0 Å². The Kier molecular flexibility index (Phi) is 0.574. The van der Waals surface area contributed by atoms with Gasteiger partial charge in [-0.2, -0.15) is 5.48 Å². The Balaban J connectivity index is 2.00. The molecule has 1 atom stereocenters. The molecule has 1 rings (SSSR count). The van der Waals surface area contributed by atoms with Crippen LogP contribution < -0.4 is 5.48 Å². The standard InChI is InChI=1S/C2H5NO2/c4-3-2-1-5-2/h2-4H,1H2. The summed E-state index contributed by atoms with van der Waals surface area (Å²) >= 11 is 0. The molecule has 0 spiro atoms. The Labute approximate surface area is 29.5 Å². The van der Waals surface area contributed by atoms with Crippen molar-refractivity contribution in [1.82, 2.24) is 5.48 Å². The average Bonchev–Trinajstić information content (AvgIpc) is 2.12. The van der Waals surface area contributed by atoms with Gasteiger partial charge in [0.2, 0.25) is 0 Å². The molecule has 5 heavy (non-hydrogen) atoms. The van der Waals surface area contributed by atoms with Gasteiger partial charge < -0.3 is 9.94 Å². The van der Waals surface area contributed by atoms with Crippen LogP contribution in [-0.4, -0.2) is 18.0 Å². The molecule has 1 aliphatic rings. The van der Waals surface area contributed by atoms with Crippen LogP contribution in [0.15, 0.2) is 0 Å². The molecule has 0 amide bonds. The second-order valence-electron chi connectivity index (χ2n) is 0.951. The molecule has 0 aromatic heterocycles. The Morgan fingerprint density at radius 1 is 2.00 bits per heavy atom. The molecule has 0 bridgehead atoms. The summed E-state index contributed by atoms with van der Waals surface area (Å²) in [5, 5.41) is 7.83. The highest BCUT2D eigenvalue weighted by molar-refractivity contribution is 4.57. The lowest BCUT2D eigenvalue weighted by Gasteiger charge is -1.76. The molecular formula is C2H5NO2. The highest BCUT2D eigenvalue weighted by atomic mass is 16.6. The Morgan fingerprint density at radius 3 is 2.60 bits per heavy atom. The fourth-order valence-electron chi connectivity index (χ4n) is 0.123. The topological polar surface area (TPSA) is 44.8 Å². The minimum atomic E-state index is -0.0602. The maximum absolute atomic E-state index is 7.83. The minimum Gasteiger partial charge on any atom is -0.355 e. The lowest BCUT2D eigenvalue weighted by atomic mass is 10.8. The van der Waals surface area contributed by atoms with Gasteiger partial charge in [0, 0.05) is 0 Å². The zero-order chi connectivity index (χ0) is 3.70. The third-order valence-electron chi connectivity index (χ3n) is 0.477. The average molecular weight is 75.1 g/mol. The van der Waals surface area contributed by atoms with Crippen LogP contribution in [0.25, 0.3) is 0 Å². The maximum atomic E-state index is 7.83. The molecule has 2 N–H and O–H groups in total. The summed E-state index contributed by atoms with van der Waals surface area (Å²) in [7, 11) is 0. The monoisotopic (exact) mass is 75.0 g/mol. The summed E-state index contributed by atoms with van der Waals surface area (Å²) in [6, 6.07) is 0. The predicted molar refractivity (Wildman–Crippen MR) is 14.7 cm³/mol. The molecule has 1 fully saturated rings. The SMILES string of the molecule is ONC1CO1. The maximum Gasteiger partial charge on any atom is 0.153 e. The molecule has 3 nitrogen and oxygen atoms in total. The van der Waals surface area contributed by atoms with Crippen LogP contribution in [0.5, 0.6) is 0 Å². The van der Waals surface area contributed by atoms with E-state index in [0.717, 1.165) is 0 Å². The first kappa shape index (κ1) is 3.08. The zero-order valence-electron chi connectivity index (χ0n) is 2.64. The molecule has 30 valence electrons. The summed E-state index contributed by atoms with van der Waals surface area (Å²) < 4.78 is 4.50. The van der Waals surface area contributed by atoms with Gasteiger partial charge in [-0.15, -0.1) is 0 Å². The van der Waals surface area contributed by atoms with Crippen LogP contribution >= 0.6 is 0 Å². The second kappa shape index (κ2) is 0.931. The third-order valence-corrected chi connectivity index (χ3v) is 0.477. The van der Waals surface area contributed by atoms with E-state index in [9.17, 15) is 0 Å². The van der Waals surface area contributed by atoms with Crippen molar-refractivity contribution in [1.29, 1.82) is 0 Å². The van der Waals surface area contributed by atoms with Crippen molar-refractivity contribution in [3.63, 3.8) is 0 Å². The summed E-state index contributed by atoms with van der Waals surface area (Å²) in [6.45, 7) is 0.649. The van der Waals surface area contributed by atoms with Crippen LogP contribution in [0.4, 0.5) is 0 Å². The van der Waals surface area contributed by atoms with Crippen molar-refractivity contribution in [3.05, 3.63) is 0 Å². The number of epoxide rings is 1. The van der Waals surface area contributed by atoms with Crippen LogP contribution in [-0.2, 0) is 4.74 Å². The van der Waals surface area contributed by atoms with Crippen LogP contribution in [0, 0.1) is 0 Å². The van der Waals surface area contributed by atoms with Gasteiger partial charge in [0.15, 0.2) is 6.23 Å². The fourth-order valence-corrected chi connectivity index (χ4v) is 0.123. The van der Waals surface area contributed by atoms with Crippen molar-refractivity contribution >= 4 is 0 Å².